The Labute approximate surface area is 228 Å². The lowest BCUT2D eigenvalue weighted by Gasteiger charge is -2.36. The molecule has 1 aromatic heterocycles. The van der Waals surface area contributed by atoms with E-state index in [1.54, 1.807) is 5.56 Å². The van der Waals surface area contributed by atoms with Gasteiger partial charge in [-0.1, -0.05) is 112 Å². The first-order chi connectivity index (χ1) is 18.0. The van der Waals surface area contributed by atoms with Gasteiger partial charge in [0.25, 0.3) is 0 Å². The Hall–Kier alpha value is -2.22. The molecule has 0 spiro atoms. The minimum absolute atomic E-state index is 0.563. The predicted octanol–water partition coefficient (Wildman–Crippen LogP) is 10.7. The van der Waals surface area contributed by atoms with E-state index in [2.05, 4.69) is 87.0 Å². The Morgan fingerprint density at radius 2 is 1.46 bits per heavy atom. The fourth-order valence-corrected chi connectivity index (χ4v) is 5.74. The van der Waals surface area contributed by atoms with Gasteiger partial charge in [-0.25, -0.2) is 0 Å². The van der Waals surface area contributed by atoms with Crippen LogP contribution >= 0.6 is 0 Å². The van der Waals surface area contributed by atoms with Gasteiger partial charge in [-0.3, -0.25) is 0 Å². The van der Waals surface area contributed by atoms with Gasteiger partial charge in [0.15, 0.2) is 6.73 Å². The summed E-state index contributed by atoms with van der Waals surface area (Å²) in [4.78, 5) is 0. The fourth-order valence-electron chi connectivity index (χ4n) is 5.74. The molecular formula is C35H55NO. The van der Waals surface area contributed by atoms with Crippen molar-refractivity contribution >= 4 is 10.9 Å². The summed E-state index contributed by atoms with van der Waals surface area (Å²) in [6.07, 6.45) is 13.2. The average molecular weight is 506 g/mol. The van der Waals surface area contributed by atoms with Crippen LogP contribution in [0.25, 0.3) is 10.9 Å². The number of hydrogen-bond donors (Lipinski definition) is 0. The van der Waals surface area contributed by atoms with Crippen LogP contribution in [0.4, 0.5) is 0 Å². The van der Waals surface area contributed by atoms with Crippen LogP contribution in [0.15, 0.2) is 54.7 Å². The van der Waals surface area contributed by atoms with Crippen LogP contribution in [-0.4, -0.2) is 4.57 Å². The van der Waals surface area contributed by atoms with Crippen molar-refractivity contribution in [3.05, 3.63) is 65.9 Å². The van der Waals surface area contributed by atoms with Crippen molar-refractivity contribution in [2.75, 3.05) is 0 Å². The lowest BCUT2D eigenvalue weighted by molar-refractivity contribution is 0.180. The molecule has 2 aliphatic carbocycles. The van der Waals surface area contributed by atoms with Gasteiger partial charge in [0.2, 0.25) is 0 Å². The van der Waals surface area contributed by atoms with Gasteiger partial charge in [0.05, 0.1) is 5.52 Å². The fraction of sp³-hybridized carbons (Fsp3) is 0.600. The Morgan fingerprint density at radius 1 is 0.784 bits per heavy atom. The molecule has 0 amide bonds. The summed E-state index contributed by atoms with van der Waals surface area (Å²) in [5.41, 5.74) is 4.29. The summed E-state index contributed by atoms with van der Waals surface area (Å²) in [5.74, 6) is 4.54. The van der Waals surface area contributed by atoms with E-state index in [0.29, 0.717) is 6.73 Å². The molecule has 0 bridgehead atoms. The summed E-state index contributed by atoms with van der Waals surface area (Å²) in [7, 11) is 0. The molecule has 0 radical (unpaired) electrons. The molecule has 2 nitrogen and oxygen atoms in total. The molecule has 2 unspecified atom stereocenters. The van der Waals surface area contributed by atoms with Gasteiger partial charge < -0.3 is 9.30 Å². The van der Waals surface area contributed by atoms with Crippen LogP contribution in [0, 0.1) is 23.7 Å². The van der Waals surface area contributed by atoms with Crippen LogP contribution in [0.1, 0.15) is 105 Å². The molecule has 1 fully saturated rings. The average Bonchev–Trinajstić information content (AvgIpc) is 3.36. The molecule has 5 rings (SSSR count). The number of rotatable bonds is 5. The van der Waals surface area contributed by atoms with Crippen LogP contribution in [0.3, 0.4) is 0 Å². The number of ether oxygens (including phenoxy) is 1. The first-order valence-electron chi connectivity index (χ1n) is 15.3. The van der Waals surface area contributed by atoms with E-state index in [9.17, 15) is 0 Å². The van der Waals surface area contributed by atoms with E-state index in [4.69, 9.17) is 4.74 Å². The van der Waals surface area contributed by atoms with Gasteiger partial charge in [0.1, 0.15) is 5.75 Å². The number of aryl methyl sites for hydroxylation is 1. The molecule has 206 valence electrons. The van der Waals surface area contributed by atoms with Crippen molar-refractivity contribution < 1.29 is 4.74 Å². The van der Waals surface area contributed by atoms with Crippen molar-refractivity contribution in [2.45, 2.75) is 113 Å². The lowest BCUT2D eigenvalue weighted by atomic mass is 9.69. The number of aromatic nitrogens is 1. The summed E-state index contributed by atoms with van der Waals surface area (Å²) < 4.78 is 8.33. The SMILES string of the molecule is CC.CC.CC(C)C.CC(C1CCCCC1)C1CCc2cc(OCn3ccc4ccccc43)ccc2C1. The molecule has 3 aromatic rings. The molecule has 1 heterocycles. The van der Waals surface area contributed by atoms with Crippen molar-refractivity contribution in [2.24, 2.45) is 23.7 Å². The normalized spacial score (nSPS) is 17.8. The maximum Gasteiger partial charge on any atom is 0.165 e. The van der Waals surface area contributed by atoms with Crippen molar-refractivity contribution in [3.8, 4) is 5.75 Å². The second kappa shape index (κ2) is 16.6. The number of hydrogen-bond acceptors (Lipinski definition) is 1. The van der Waals surface area contributed by atoms with Gasteiger partial charge in [-0.15, -0.1) is 0 Å². The minimum Gasteiger partial charge on any atom is -0.473 e. The van der Waals surface area contributed by atoms with E-state index in [0.717, 1.165) is 29.4 Å². The van der Waals surface area contributed by atoms with Crippen molar-refractivity contribution in [1.82, 2.24) is 4.57 Å². The molecule has 2 aliphatic rings. The second-order valence-corrected chi connectivity index (χ2v) is 11.0. The predicted molar refractivity (Wildman–Crippen MR) is 163 cm³/mol. The third kappa shape index (κ3) is 9.24. The Kier molecular flexibility index (Phi) is 13.9. The van der Waals surface area contributed by atoms with E-state index < -0.39 is 0 Å². The van der Waals surface area contributed by atoms with Gasteiger partial charge in [0, 0.05) is 6.20 Å². The van der Waals surface area contributed by atoms with Crippen LogP contribution in [0.5, 0.6) is 5.75 Å². The molecule has 0 N–H and O–H groups in total. The molecule has 2 aromatic carbocycles. The van der Waals surface area contributed by atoms with Crippen LogP contribution in [0.2, 0.25) is 0 Å². The molecular weight excluding hydrogens is 450 g/mol. The van der Waals surface area contributed by atoms with Crippen molar-refractivity contribution in [3.63, 3.8) is 0 Å². The molecule has 0 aliphatic heterocycles. The number of para-hydroxylation sites is 1. The zero-order valence-electron chi connectivity index (χ0n) is 25.2. The summed E-state index contributed by atoms with van der Waals surface area (Å²) in [5, 5.41) is 1.26. The highest BCUT2D eigenvalue weighted by Gasteiger charge is 2.29. The number of benzene rings is 2. The molecule has 37 heavy (non-hydrogen) atoms. The highest BCUT2D eigenvalue weighted by atomic mass is 16.5. The lowest BCUT2D eigenvalue weighted by Crippen LogP contribution is -2.27. The first-order valence-corrected chi connectivity index (χ1v) is 15.3. The van der Waals surface area contributed by atoms with E-state index in [-0.39, 0.29) is 0 Å². The van der Waals surface area contributed by atoms with Crippen LogP contribution in [-0.2, 0) is 19.6 Å². The summed E-state index contributed by atoms with van der Waals surface area (Å²) in [6, 6.07) is 17.4. The highest BCUT2D eigenvalue weighted by molar-refractivity contribution is 5.79. The molecule has 2 heteroatoms. The monoisotopic (exact) mass is 505 g/mol. The number of nitrogens with zero attached hydrogens (tertiary/aromatic N) is 1. The summed E-state index contributed by atoms with van der Waals surface area (Å²) >= 11 is 0. The zero-order chi connectivity index (χ0) is 27.2. The largest absolute Gasteiger partial charge is 0.473 e. The van der Waals surface area contributed by atoms with Gasteiger partial charge >= 0.3 is 0 Å². The summed E-state index contributed by atoms with van der Waals surface area (Å²) in [6.45, 7) is 17.6. The van der Waals surface area contributed by atoms with E-state index in [1.807, 2.05) is 27.7 Å². The third-order valence-corrected chi connectivity index (χ3v) is 7.63. The van der Waals surface area contributed by atoms with Gasteiger partial charge in [-0.2, -0.15) is 0 Å². The zero-order valence-corrected chi connectivity index (χ0v) is 25.2. The maximum atomic E-state index is 6.16. The van der Waals surface area contributed by atoms with E-state index >= 15 is 0 Å². The topological polar surface area (TPSA) is 14.2 Å². The minimum atomic E-state index is 0.563. The quantitative estimate of drug-likeness (QED) is 0.336. The smallest absolute Gasteiger partial charge is 0.165 e. The Morgan fingerprint density at radius 3 is 2.16 bits per heavy atom. The maximum absolute atomic E-state index is 6.16. The molecule has 0 saturated heterocycles. The van der Waals surface area contributed by atoms with Crippen molar-refractivity contribution in [1.29, 1.82) is 0 Å². The molecule has 2 atom stereocenters. The Balaban J connectivity index is 0.000000541. The van der Waals surface area contributed by atoms with Gasteiger partial charge in [-0.05, 0) is 83.7 Å². The molecule has 1 saturated carbocycles. The third-order valence-electron chi connectivity index (χ3n) is 7.63. The number of fused-ring (bicyclic) bond motifs is 2. The van der Waals surface area contributed by atoms with E-state index in [1.165, 1.54) is 67.8 Å². The van der Waals surface area contributed by atoms with Crippen LogP contribution < -0.4 is 4.74 Å². The highest BCUT2D eigenvalue weighted by Crippen LogP contribution is 2.39. The first kappa shape index (κ1) is 31.0. The second-order valence-electron chi connectivity index (χ2n) is 11.0. The standard InChI is InChI=1S/C27H33NO.C4H10.2C2H6/c1-20(21-7-3-2-4-8-21)23-11-12-25-18-26(14-13-24(25)17-23)29-19-28-16-15-22-9-5-6-10-27(22)28;1-4(2)3;2*1-2/h5-6,9-10,13-16,18,20-21,23H,2-4,7-8,11-12,17,19H2,1H3;4H,1-3H3;2*1-2H3. The Bertz CT molecular complexity index is 1010.